The van der Waals surface area contributed by atoms with Gasteiger partial charge >= 0.3 is 0 Å². The van der Waals surface area contributed by atoms with Crippen molar-refractivity contribution < 1.29 is 4.74 Å². The zero-order chi connectivity index (χ0) is 13.1. The van der Waals surface area contributed by atoms with Crippen LogP contribution in [0.15, 0.2) is 6.20 Å². The van der Waals surface area contributed by atoms with Gasteiger partial charge in [-0.3, -0.25) is 0 Å². The summed E-state index contributed by atoms with van der Waals surface area (Å²) in [6.07, 6.45) is 4.89. The highest BCUT2D eigenvalue weighted by atomic mass is 16.5. The molecule has 0 aromatic carbocycles. The average molecular weight is 251 g/mol. The van der Waals surface area contributed by atoms with Crippen molar-refractivity contribution in [3.8, 4) is 0 Å². The molecule has 0 aliphatic heterocycles. The normalized spacial score (nSPS) is 18.7. The molecule has 1 aliphatic rings. The van der Waals surface area contributed by atoms with Crippen molar-refractivity contribution in [2.24, 2.45) is 11.8 Å². The first-order valence-electron chi connectivity index (χ1n) is 6.90. The molecule has 2 unspecified atom stereocenters. The molecule has 1 aliphatic carbocycles. The average Bonchev–Trinajstić information content (AvgIpc) is 3.10. The van der Waals surface area contributed by atoms with E-state index in [1.807, 2.05) is 6.92 Å². The zero-order valence-corrected chi connectivity index (χ0v) is 11.9. The lowest BCUT2D eigenvalue weighted by atomic mass is 10.1. The minimum absolute atomic E-state index is 0.315. The topological polar surface area (TPSA) is 39.1 Å². The highest BCUT2D eigenvalue weighted by Gasteiger charge is 2.27. The molecule has 102 valence electrons. The lowest BCUT2D eigenvalue weighted by Gasteiger charge is -2.17. The summed E-state index contributed by atoms with van der Waals surface area (Å²) in [6, 6.07) is 0.315. The van der Waals surface area contributed by atoms with Crippen LogP contribution >= 0.6 is 0 Å². The predicted molar refractivity (Wildman–Crippen MR) is 73.9 cm³/mol. The van der Waals surface area contributed by atoms with E-state index in [0.717, 1.165) is 30.0 Å². The Kier molecular flexibility index (Phi) is 4.27. The fourth-order valence-electron chi connectivity index (χ4n) is 2.39. The molecule has 1 N–H and O–H groups in total. The van der Waals surface area contributed by atoms with Crippen molar-refractivity contribution >= 4 is 5.95 Å². The summed E-state index contributed by atoms with van der Waals surface area (Å²) in [5.74, 6) is 2.65. The fourth-order valence-corrected chi connectivity index (χ4v) is 2.39. The van der Waals surface area contributed by atoms with Gasteiger partial charge in [0.2, 0.25) is 5.95 Å². The first-order valence-corrected chi connectivity index (χ1v) is 6.90. The molecule has 1 aromatic heterocycles. The number of imidazole rings is 1. The summed E-state index contributed by atoms with van der Waals surface area (Å²) in [6.45, 7) is 8.23. The molecule has 0 saturated heterocycles. The zero-order valence-electron chi connectivity index (χ0n) is 11.9. The van der Waals surface area contributed by atoms with Gasteiger partial charge in [-0.25, -0.2) is 4.98 Å². The SMILES string of the molecule is COCC(C)n1cc(C)nc1NCC(C)C1CC1. The molecule has 2 rings (SSSR count). The Labute approximate surface area is 110 Å². The van der Waals surface area contributed by atoms with Gasteiger partial charge in [0.05, 0.1) is 18.3 Å². The van der Waals surface area contributed by atoms with E-state index in [9.17, 15) is 0 Å². The van der Waals surface area contributed by atoms with Crippen LogP contribution in [-0.2, 0) is 4.74 Å². The summed E-state index contributed by atoms with van der Waals surface area (Å²) < 4.78 is 7.40. The van der Waals surface area contributed by atoms with Crippen LogP contribution in [0.2, 0.25) is 0 Å². The molecule has 2 atom stereocenters. The Morgan fingerprint density at radius 1 is 1.50 bits per heavy atom. The number of ether oxygens (including phenoxy) is 1. The van der Waals surface area contributed by atoms with Gasteiger partial charge in [-0.1, -0.05) is 6.92 Å². The molecule has 1 fully saturated rings. The molecule has 0 radical (unpaired) electrons. The van der Waals surface area contributed by atoms with E-state index in [1.54, 1.807) is 7.11 Å². The van der Waals surface area contributed by atoms with Crippen molar-refractivity contribution in [1.82, 2.24) is 9.55 Å². The van der Waals surface area contributed by atoms with E-state index < -0.39 is 0 Å². The number of nitrogens with one attached hydrogen (secondary N) is 1. The Morgan fingerprint density at radius 3 is 2.83 bits per heavy atom. The third kappa shape index (κ3) is 3.25. The molecule has 1 saturated carbocycles. The van der Waals surface area contributed by atoms with Gasteiger partial charge in [0.1, 0.15) is 0 Å². The first-order chi connectivity index (χ1) is 8.61. The molecular formula is C14H25N3O. The largest absolute Gasteiger partial charge is 0.383 e. The molecule has 0 bridgehead atoms. The van der Waals surface area contributed by atoms with Crippen LogP contribution in [0.4, 0.5) is 5.95 Å². The summed E-state index contributed by atoms with van der Waals surface area (Å²) in [5.41, 5.74) is 1.06. The quantitative estimate of drug-likeness (QED) is 0.810. The number of aromatic nitrogens is 2. The molecule has 1 aromatic rings. The maximum absolute atomic E-state index is 5.22. The Balaban J connectivity index is 1.97. The van der Waals surface area contributed by atoms with E-state index in [-0.39, 0.29) is 0 Å². The Bertz CT molecular complexity index is 384. The summed E-state index contributed by atoms with van der Waals surface area (Å²) in [5, 5.41) is 3.49. The van der Waals surface area contributed by atoms with Crippen LogP contribution in [0.25, 0.3) is 0 Å². The van der Waals surface area contributed by atoms with Crippen molar-refractivity contribution in [2.45, 2.75) is 39.7 Å². The fraction of sp³-hybridized carbons (Fsp3) is 0.786. The van der Waals surface area contributed by atoms with Crippen LogP contribution in [0.3, 0.4) is 0 Å². The van der Waals surface area contributed by atoms with Crippen LogP contribution in [-0.4, -0.2) is 29.8 Å². The first kappa shape index (κ1) is 13.4. The highest BCUT2D eigenvalue weighted by molar-refractivity contribution is 5.29. The third-order valence-corrected chi connectivity index (χ3v) is 3.74. The lowest BCUT2D eigenvalue weighted by molar-refractivity contribution is 0.163. The van der Waals surface area contributed by atoms with Crippen molar-refractivity contribution in [1.29, 1.82) is 0 Å². The van der Waals surface area contributed by atoms with Gasteiger partial charge < -0.3 is 14.6 Å². The van der Waals surface area contributed by atoms with Gasteiger partial charge in [-0.15, -0.1) is 0 Å². The van der Waals surface area contributed by atoms with Crippen LogP contribution < -0.4 is 5.32 Å². The van der Waals surface area contributed by atoms with E-state index in [4.69, 9.17) is 4.74 Å². The van der Waals surface area contributed by atoms with Crippen LogP contribution in [0, 0.1) is 18.8 Å². The maximum Gasteiger partial charge on any atom is 0.203 e. The number of aryl methyl sites for hydroxylation is 1. The van der Waals surface area contributed by atoms with E-state index >= 15 is 0 Å². The van der Waals surface area contributed by atoms with E-state index in [0.29, 0.717) is 12.6 Å². The smallest absolute Gasteiger partial charge is 0.203 e. The van der Waals surface area contributed by atoms with Gasteiger partial charge in [0.15, 0.2) is 0 Å². The van der Waals surface area contributed by atoms with Crippen LogP contribution in [0.1, 0.15) is 38.4 Å². The molecule has 4 nitrogen and oxygen atoms in total. The van der Waals surface area contributed by atoms with Crippen molar-refractivity contribution in [2.75, 3.05) is 25.6 Å². The Morgan fingerprint density at radius 2 is 2.22 bits per heavy atom. The number of nitrogens with zero attached hydrogens (tertiary/aromatic N) is 2. The van der Waals surface area contributed by atoms with Gasteiger partial charge in [0.25, 0.3) is 0 Å². The summed E-state index contributed by atoms with van der Waals surface area (Å²) in [7, 11) is 1.74. The molecule has 0 spiro atoms. The lowest BCUT2D eigenvalue weighted by Crippen LogP contribution is -2.18. The van der Waals surface area contributed by atoms with Gasteiger partial charge in [0, 0.05) is 19.9 Å². The Hall–Kier alpha value is -1.03. The molecule has 0 amide bonds. The number of hydrogen-bond donors (Lipinski definition) is 1. The van der Waals surface area contributed by atoms with Crippen LogP contribution in [0.5, 0.6) is 0 Å². The monoisotopic (exact) mass is 251 g/mol. The maximum atomic E-state index is 5.22. The summed E-state index contributed by atoms with van der Waals surface area (Å²) in [4.78, 5) is 4.56. The van der Waals surface area contributed by atoms with Crippen molar-refractivity contribution in [3.05, 3.63) is 11.9 Å². The summed E-state index contributed by atoms with van der Waals surface area (Å²) >= 11 is 0. The second-order valence-electron chi connectivity index (χ2n) is 5.61. The predicted octanol–water partition coefficient (Wildman–Crippen LogP) is 2.86. The molecule has 18 heavy (non-hydrogen) atoms. The van der Waals surface area contributed by atoms with E-state index in [1.165, 1.54) is 12.8 Å². The highest BCUT2D eigenvalue weighted by Crippen LogP contribution is 2.36. The standard InChI is InChI=1S/C14H25N3O/c1-10(13-5-6-13)7-15-14-16-11(2)8-17(14)12(3)9-18-4/h8,10,12-13H,5-7,9H2,1-4H3,(H,15,16). The molecule has 4 heteroatoms. The number of anilines is 1. The number of hydrogen-bond acceptors (Lipinski definition) is 3. The number of methoxy groups -OCH3 is 1. The minimum atomic E-state index is 0.315. The minimum Gasteiger partial charge on any atom is -0.383 e. The second kappa shape index (κ2) is 5.74. The molecular weight excluding hydrogens is 226 g/mol. The third-order valence-electron chi connectivity index (χ3n) is 3.74. The van der Waals surface area contributed by atoms with Gasteiger partial charge in [-0.05, 0) is 38.5 Å². The second-order valence-corrected chi connectivity index (χ2v) is 5.61. The molecule has 1 heterocycles. The van der Waals surface area contributed by atoms with Crippen molar-refractivity contribution in [3.63, 3.8) is 0 Å². The van der Waals surface area contributed by atoms with Gasteiger partial charge in [-0.2, -0.15) is 0 Å². The number of rotatable bonds is 7. The van der Waals surface area contributed by atoms with E-state index in [2.05, 4.69) is 34.9 Å².